The molecule has 1 N–H and O–H groups in total. The van der Waals surface area contributed by atoms with Gasteiger partial charge in [0.2, 0.25) is 0 Å². The van der Waals surface area contributed by atoms with Crippen LogP contribution < -0.4 is 5.32 Å². The Hall–Kier alpha value is -1.55. The van der Waals surface area contributed by atoms with Crippen molar-refractivity contribution in [1.82, 2.24) is 10.2 Å². The van der Waals surface area contributed by atoms with E-state index >= 15 is 0 Å². The maximum Gasteiger partial charge on any atom is 0.193 e. The van der Waals surface area contributed by atoms with E-state index in [1.807, 2.05) is 7.05 Å². The van der Waals surface area contributed by atoms with Crippen molar-refractivity contribution in [2.45, 2.75) is 25.7 Å². The summed E-state index contributed by atoms with van der Waals surface area (Å²) in [4.78, 5) is 6.82. The Morgan fingerprint density at radius 2 is 2.14 bits per heavy atom. The molecule has 1 fully saturated rings. The molecule has 2 atom stereocenters. The van der Waals surface area contributed by atoms with Crippen LogP contribution >= 0.6 is 0 Å². The van der Waals surface area contributed by atoms with Gasteiger partial charge in [-0.2, -0.15) is 0 Å². The van der Waals surface area contributed by atoms with E-state index in [2.05, 4.69) is 52.5 Å². The first-order valence-corrected chi connectivity index (χ1v) is 8.29. The average Bonchev–Trinajstić information content (AvgIpc) is 2.59. The summed E-state index contributed by atoms with van der Waals surface area (Å²) < 4.78 is 5.11. The highest BCUT2D eigenvalue weighted by atomic mass is 16.5. The number of benzene rings is 1. The molecule has 4 nitrogen and oxygen atoms in total. The topological polar surface area (TPSA) is 36.9 Å². The van der Waals surface area contributed by atoms with Crippen LogP contribution in [0, 0.1) is 5.92 Å². The van der Waals surface area contributed by atoms with Crippen LogP contribution in [0.2, 0.25) is 0 Å². The van der Waals surface area contributed by atoms with Gasteiger partial charge in [0.05, 0.1) is 6.61 Å². The third-order valence-electron chi connectivity index (χ3n) is 4.59. The quantitative estimate of drug-likeness (QED) is 0.516. The van der Waals surface area contributed by atoms with E-state index in [9.17, 15) is 0 Å². The van der Waals surface area contributed by atoms with Gasteiger partial charge in [-0.05, 0) is 23.8 Å². The summed E-state index contributed by atoms with van der Waals surface area (Å²) in [5, 5.41) is 3.39. The van der Waals surface area contributed by atoms with Gasteiger partial charge in [0.25, 0.3) is 0 Å². The standard InChI is InChI=1S/C18H29N3O/c1-4-15-14-21(18(19-2)20-11-13-22-3)12-10-17(15)16-8-6-5-7-9-16/h5-9,15,17H,4,10-14H2,1-3H3,(H,19,20). The van der Waals surface area contributed by atoms with E-state index in [1.165, 1.54) is 18.4 Å². The number of methoxy groups -OCH3 is 1. The molecular formula is C18H29N3O. The lowest BCUT2D eigenvalue weighted by molar-refractivity contribution is 0.196. The smallest absolute Gasteiger partial charge is 0.193 e. The van der Waals surface area contributed by atoms with Crippen molar-refractivity contribution in [2.75, 3.05) is 40.4 Å². The Morgan fingerprint density at radius 3 is 2.77 bits per heavy atom. The fraction of sp³-hybridized carbons (Fsp3) is 0.611. The molecule has 0 amide bonds. The molecule has 1 saturated heterocycles. The van der Waals surface area contributed by atoms with Crippen molar-refractivity contribution in [3.63, 3.8) is 0 Å². The van der Waals surface area contributed by atoms with Gasteiger partial charge in [-0.1, -0.05) is 43.7 Å². The first-order valence-electron chi connectivity index (χ1n) is 8.29. The van der Waals surface area contributed by atoms with Crippen LogP contribution in [0.4, 0.5) is 0 Å². The maximum atomic E-state index is 5.11. The van der Waals surface area contributed by atoms with Gasteiger partial charge in [-0.3, -0.25) is 4.99 Å². The van der Waals surface area contributed by atoms with E-state index in [-0.39, 0.29) is 0 Å². The monoisotopic (exact) mass is 303 g/mol. The molecule has 0 bridgehead atoms. The zero-order chi connectivity index (χ0) is 15.8. The first-order chi connectivity index (χ1) is 10.8. The van der Waals surface area contributed by atoms with Gasteiger partial charge in [-0.15, -0.1) is 0 Å². The lowest BCUT2D eigenvalue weighted by atomic mass is 9.79. The molecule has 0 spiro atoms. The van der Waals surface area contributed by atoms with Crippen LogP contribution in [0.15, 0.2) is 35.3 Å². The SMILES string of the molecule is CCC1CN(C(=NC)NCCOC)CCC1c1ccccc1. The Bertz CT molecular complexity index is 461. The summed E-state index contributed by atoms with van der Waals surface area (Å²) in [6, 6.07) is 10.9. The zero-order valence-electron chi connectivity index (χ0n) is 14.1. The molecule has 0 radical (unpaired) electrons. The predicted molar refractivity (Wildman–Crippen MR) is 92.4 cm³/mol. The molecule has 1 aromatic carbocycles. The number of aliphatic imine (C=N–C) groups is 1. The van der Waals surface area contributed by atoms with Crippen molar-refractivity contribution >= 4 is 5.96 Å². The second-order valence-corrected chi connectivity index (χ2v) is 5.89. The number of nitrogens with zero attached hydrogens (tertiary/aromatic N) is 2. The van der Waals surface area contributed by atoms with Crippen LogP contribution in [0.3, 0.4) is 0 Å². The molecule has 122 valence electrons. The second kappa shape index (κ2) is 8.79. The molecule has 1 aliphatic rings. The molecular weight excluding hydrogens is 274 g/mol. The van der Waals surface area contributed by atoms with Crippen LogP contribution in [0.5, 0.6) is 0 Å². The summed E-state index contributed by atoms with van der Waals surface area (Å²) in [6.07, 6.45) is 2.39. The van der Waals surface area contributed by atoms with Crippen molar-refractivity contribution in [2.24, 2.45) is 10.9 Å². The summed E-state index contributed by atoms with van der Waals surface area (Å²) in [5.41, 5.74) is 1.48. The van der Waals surface area contributed by atoms with Crippen LogP contribution in [0.1, 0.15) is 31.2 Å². The number of nitrogens with one attached hydrogen (secondary N) is 1. The minimum absolute atomic E-state index is 0.666. The fourth-order valence-corrected chi connectivity index (χ4v) is 3.37. The highest BCUT2D eigenvalue weighted by Crippen LogP contribution is 2.34. The van der Waals surface area contributed by atoms with Gasteiger partial charge >= 0.3 is 0 Å². The minimum Gasteiger partial charge on any atom is -0.383 e. The van der Waals surface area contributed by atoms with Crippen molar-refractivity contribution in [3.8, 4) is 0 Å². The predicted octanol–water partition coefficient (Wildman–Crippen LogP) is 2.72. The molecule has 1 heterocycles. The normalized spacial score (nSPS) is 22.7. The highest BCUT2D eigenvalue weighted by molar-refractivity contribution is 5.80. The lowest BCUT2D eigenvalue weighted by Crippen LogP contribution is -2.49. The van der Waals surface area contributed by atoms with Crippen molar-refractivity contribution in [3.05, 3.63) is 35.9 Å². The van der Waals surface area contributed by atoms with Crippen molar-refractivity contribution in [1.29, 1.82) is 0 Å². The number of likely N-dealkylation sites (tertiary alicyclic amines) is 1. The maximum absolute atomic E-state index is 5.11. The number of hydrogen-bond donors (Lipinski definition) is 1. The largest absolute Gasteiger partial charge is 0.383 e. The van der Waals surface area contributed by atoms with E-state index in [4.69, 9.17) is 4.74 Å². The third kappa shape index (κ3) is 4.23. The van der Waals surface area contributed by atoms with E-state index in [0.717, 1.165) is 25.6 Å². The number of piperidine rings is 1. The summed E-state index contributed by atoms with van der Waals surface area (Å²) >= 11 is 0. The van der Waals surface area contributed by atoms with Crippen molar-refractivity contribution < 1.29 is 4.74 Å². The second-order valence-electron chi connectivity index (χ2n) is 5.89. The molecule has 4 heteroatoms. The molecule has 0 aromatic heterocycles. The van der Waals surface area contributed by atoms with Gasteiger partial charge in [0.1, 0.15) is 0 Å². The van der Waals surface area contributed by atoms with Crippen LogP contribution in [0.25, 0.3) is 0 Å². The Kier molecular flexibility index (Phi) is 6.72. The summed E-state index contributed by atoms with van der Waals surface area (Å²) in [5.74, 6) is 2.35. The summed E-state index contributed by atoms with van der Waals surface area (Å²) in [7, 11) is 3.59. The van der Waals surface area contributed by atoms with Gasteiger partial charge in [0, 0.05) is 33.8 Å². The summed E-state index contributed by atoms with van der Waals surface area (Å²) in [6.45, 7) is 5.94. The number of ether oxygens (including phenoxy) is 1. The molecule has 2 unspecified atom stereocenters. The third-order valence-corrected chi connectivity index (χ3v) is 4.59. The average molecular weight is 303 g/mol. The molecule has 1 aliphatic heterocycles. The van der Waals surface area contributed by atoms with Gasteiger partial charge in [-0.25, -0.2) is 0 Å². The molecule has 1 aromatic rings. The van der Waals surface area contributed by atoms with E-state index in [0.29, 0.717) is 18.4 Å². The number of guanidine groups is 1. The molecule has 0 saturated carbocycles. The first kappa shape index (κ1) is 16.8. The van der Waals surface area contributed by atoms with Crippen LogP contribution in [-0.4, -0.2) is 51.3 Å². The number of rotatable bonds is 5. The zero-order valence-corrected chi connectivity index (χ0v) is 14.1. The molecule has 2 rings (SSSR count). The van der Waals surface area contributed by atoms with Crippen LogP contribution in [-0.2, 0) is 4.74 Å². The van der Waals surface area contributed by atoms with Gasteiger partial charge < -0.3 is 15.0 Å². The molecule has 22 heavy (non-hydrogen) atoms. The van der Waals surface area contributed by atoms with E-state index in [1.54, 1.807) is 7.11 Å². The minimum atomic E-state index is 0.666. The Morgan fingerprint density at radius 1 is 1.36 bits per heavy atom. The van der Waals surface area contributed by atoms with E-state index < -0.39 is 0 Å². The Balaban J connectivity index is 1.99. The Labute approximate surface area is 134 Å². The highest BCUT2D eigenvalue weighted by Gasteiger charge is 2.30. The molecule has 0 aliphatic carbocycles. The van der Waals surface area contributed by atoms with Gasteiger partial charge in [0.15, 0.2) is 5.96 Å². The lowest BCUT2D eigenvalue weighted by Gasteiger charge is -2.40. The fourth-order valence-electron chi connectivity index (χ4n) is 3.37. The number of hydrogen-bond acceptors (Lipinski definition) is 2.